The van der Waals surface area contributed by atoms with Crippen molar-refractivity contribution in [3.05, 3.63) is 86.5 Å². The van der Waals surface area contributed by atoms with E-state index in [1.807, 2.05) is 0 Å². The van der Waals surface area contributed by atoms with Gasteiger partial charge in [-0.25, -0.2) is 18.9 Å². The lowest BCUT2D eigenvalue weighted by Gasteiger charge is -2.10. The first-order valence-electron chi connectivity index (χ1n) is 11.0. The molecule has 0 aliphatic heterocycles. The highest BCUT2D eigenvalue weighted by molar-refractivity contribution is 7.09. The van der Waals surface area contributed by atoms with Gasteiger partial charge in [0.2, 0.25) is 0 Å². The average molecular weight is 482 g/mol. The molecular weight excluding hydrogens is 457 g/mol. The summed E-state index contributed by atoms with van der Waals surface area (Å²) in [5, 5.41) is 7.72. The fourth-order valence-corrected chi connectivity index (χ4v) is 4.10. The Bertz CT molecular complexity index is 1330. The molecule has 4 aromatic rings. The van der Waals surface area contributed by atoms with Crippen LogP contribution in [0.25, 0.3) is 10.8 Å². The maximum absolute atomic E-state index is 13.0. The van der Waals surface area contributed by atoms with Crippen molar-refractivity contribution in [3.63, 3.8) is 0 Å². The van der Waals surface area contributed by atoms with Gasteiger partial charge in [-0.3, -0.25) is 4.79 Å². The molecule has 0 saturated heterocycles. The van der Waals surface area contributed by atoms with Crippen LogP contribution in [-0.2, 0) is 24.5 Å². The monoisotopic (exact) mass is 481 g/mol. The molecule has 0 spiro atoms. The Morgan fingerprint density at radius 3 is 2.59 bits per heavy atom. The topological polar surface area (TPSA) is 83.3 Å². The van der Waals surface area contributed by atoms with Crippen molar-refractivity contribution in [2.24, 2.45) is 0 Å². The van der Waals surface area contributed by atoms with Gasteiger partial charge in [0.15, 0.2) is 5.69 Å². The molecule has 0 aliphatic rings. The van der Waals surface area contributed by atoms with Crippen LogP contribution >= 0.6 is 11.3 Å². The molecular formula is C25H24FN3O4S. The molecule has 0 fully saturated rings. The average Bonchev–Trinajstić information content (AvgIpc) is 3.32. The Hall–Kier alpha value is -3.59. The van der Waals surface area contributed by atoms with E-state index in [0.717, 1.165) is 19.3 Å². The van der Waals surface area contributed by atoms with Crippen molar-refractivity contribution < 1.29 is 18.7 Å². The van der Waals surface area contributed by atoms with Gasteiger partial charge in [-0.1, -0.05) is 38.0 Å². The summed E-state index contributed by atoms with van der Waals surface area (Å²) < 4.78 is 25.4. The second kappa shape index (κ2) is 11.0. The van der Waals surface area contributed by atoms with Crippen LogP contribution in [-0.4, -0.2) is 20.7 Å². The van der Waals surface area contributed by atoms with Crippen molar-refractivity contribution in [2.45, 2.75) is 45.9 Å². The molecule has 0 amide bonds. The first-order valence-corrected chi connectivity index (χ1v) is 11.9. The van der Waals surface area contributed by atoms with E-state index in [1.54, 1.807) is 41.8 Å². The van der Waals surface area contributed by atoms with Crippen molar-refractivity contribution in [2.75, 3.05) is 0 Å². The summed E-state index contributed by atoms with van der Waals surface area (Å²) in [6, 6.07) is 12.7. The number of carbonyl (C=O) groups excluding carboxylic acids is 1. The predicted molar refractivity (Wildman–Crippen MR) is 127 cm³/mol. The third-order valence-electron chi connectivity index (χ3n) is 5.16. The van der Waals surface area contributed by atoms with Crippen LogP contribution in [0.4, 0.5) is 4.39 Å². The number of carbonyl (C=O) groups is 1. The van der Waals surface area contributed by atoms with Crippen LogP contribution in [0.1, 0.15) is 47.4 Å². The molecule has 2 heterocycles. The molecule has 0 aliphatic carbocycles. The largest absolute Gasteiger partial charge is 0.486 e. The summed E-state index contributed by atoms with van der Waals surface area (Å²) in [6.45, 7) is 2.72. The number of aromatic nitrogens is 3. The lowest BCUT2D eigenvalue weighted by molar-refractivity contribution is 0.0460. The van der Waals surface area contributed by atoms with Crippen LogP contribution < -0.4 is 10.3 Å². The molecule has 0 atom stereocenters. The van der Waals surface area contributed by atoms with Crippen LogP contribution in [0, 0.1) is 5.82 Å². The van der Waals surface area contributed by atoms with E-state index >= 15 is 0 Å². The van der Waals surface area contributed by atoms with Gasteiger partial charge in [0.05, 0.1) is 11.1 Å². The number of thiazole rings is 1. The zero-order chi connectivity index (χ0) is 23.9. The smallest absolute Gasteiger partial charge is 0.359 e. The molecule has 0 N–H and O–H groups in total. The Morgan fingerprint density at radius 1 is 1.06 bits per heavy atom. The SMILES string of the molecule is CCCCCn1nc(C(=O)OCc2csc(COc3ccc(F)cc3)n2)c2ccccc2c1=O. The fourth-order valence-electron chi connectivity index (χ4n) is 3.41. The fraction of sp³-hybridized carbons (Fsp3) is 0.280. The van der Waals surface area contributed by atoms with E-state index in [-0.39, 0.29) is 30.3 Å². The van der Waals surface area contributed by atoms with E-state index in [2.05, 4.69) is 17.0 Å². The minimum absolute atomic E-state index is 0.0309. The van der Waals surface area contributed by atoms with Crippen molar-refractivity contribution in [3.8, 4) is 5.75 Å². The van der Waals surface area contributed by atoms with Crippen molar-refractivity contribution >= 4 is 28.1 Å². The van der Waals surface area contributed by atoms with E-state index in [4.69, 9.17) is 9.47 Å². The highest BCUT2D eigenvalue weighted by Crippen LogP contribution is 2.18. The quantitative estimate of drug-likeness (QED) is 0.231. The number of hydrogen-bond acceptors (Lipinski definition) is 7. The maximum Gasteiger partial charge on any atom is 0.359 e. The summed E-state index contributed by atoms with van der Waals surface area (Å²) in [7, 11) is 0. The Balaban J connectivity index is 1.43. The maximum atomic E-state index is 13.0. The van der Waals surface area contributed by atoms with Gasteiger partial charge in [0.25, 0.3) is 5.56 Å². The van der Waals surface area contributed by atoms with E-state index in [1.165, 1.54) is 28.2 Å². The number of fused-ring (bicyclic) bond motifs is 1. The summed E-state index contributed by atoms with van der Waals surface area (Å²) in [6.07, 6.45) is 2.79. The Kier molecular flexibility index (Phi) is 7.64. The van der Waals surface area contributed by atoms with Gasteiger partial charge in [-0.2, -0.15) is 5.10 Å². The second-order valence-electron chi connectivity index (χ2n) is 7.68. The number of rotatable bonds is 10. The summed E-state index contributed by atoms with van der Waals surface area (Å²) in [5.74, 6) is -0.404. The minimum atomic E-state index is -0.613. The molecule has 2 aromatic carbocycles. The summed E-state index contributed by atoms with van der Waals surface area (Å²) in [4.78, 5) is 30.1. The van der Waals surface area contributed by atoms with Gasteiger partial charge in [-0.05, 0) is 36.8 Å². The second-order valence-corrected chi connectivity index (χ2v) is 8.62. The molecule has 7 nitrogen and oxygen atoms in total. The molecule has 0 bridgehead atoms. The normalized spacial score (nSPS) is 11.0. The van der Waals surface area contributed by atoms with Gasteiger partial charge in [0.1, 0.15) is 29.8 Å². The predicted octanol–water partition coefficient (Wildman–Crippen LogP) is 5.12. The van der Waals surface area contributed by atoms with E-state index < -0.39 is 5.97 Å². The highest BCUT2D eigenvalue weighted by Gasteiger charge is 2.18. The minimum Gasteiger partial charge on any atom is -0.486 e. The zero-order valence-electron chi connectivity index (χ0n) is 18.7. The lowest BCUT2D eigenvalue weighted by atomic mass is 10.1. The van der Waals surface area contributed by atoms with E-state index in [9.17, 15) is 14.0 Å². The summed E-state index contributed by atoms with van der Waals surface area (Å²) >= 11 is 1.38. The summed E-state index contributed by atoms with van der Waals surface area (Å²) in [5.41, 5.74) is 0.479. The third kappa shape index (κ3) is 5.66. The number of ether oxygens (including phenoxy) is 2. The number of halogens is 1. The molecule has 2 aromatic heterocycles. The number of hydrogen-bond donors (Lipinski definition) is 0. The molecule has 176 valence electrons. The molecule has 0 radical (unpaired) electrons. The van der Waals surface area contributed by atoms with Crippen LogP contribution in [0.2, 0.25) is 0 Å². The Labute approximate surface area is 199 Å². The molecule has 0 unspecified atom stereocenters. The van der Waals surface area contributed by atoms with Crippen LogP contribution in [0.3, 0.4) is 0 Å². The van der Waals surface area contributed by atoms with Gasteiger partial charge in [-0.15, -0.1) is 11.3 Å². The number of unbranched alkanes of at least 4 members (excludes halogenated alkanes) is 2. The Morgan fingerprint density at radius 2 is 1.82 bits per heavy atom. The standard InChI is InChI=1S/C25H24FN3O4S/c1-2-3-6-13-29-24(30)21-8-5-4-7-20(21)23(28-29)25(31)33-14-18-16-34-22(27-18)15-32-19-11-9-17(26)10-12-19/h4-5,7-12,16H,2-3,6,13-15H2,1H3. The lowest BCUT2D eigenvalue weighted by Crippen LogP contribution is -2.26. The van der Waals surface area contributed by atoms with Crippen molar-refractivity contribution in [1.29, 1.82) is 0 Å². The third-order valence-corrected chi connectivity index (χ3v) is 6.03. The molecule has 9 heteroatoms. The van der Waals surface area contributed by atoms with Crippen molar-refractivity contribution in [1.82, 2.24) is 14.8 Å². The number of esters is 1. The highest BCUT2D eigenvalue weighted by atomic mass is 32.1. The number of nitrogens with zero attached hydrogens (tertiary/aromatic N) is 3. The van der Waals surface area contributed by atoms with Crippen LogP contribution in [0.5, 0.6) is 5.75 Å². The van der Waals surface area contributed by atoms with Gasteiger partial charge >= 0.3 is 5.97 Å². The molecule has 4 rings (SSSR count). The molecule has 0 saturated carbocycles. The first kappa shape index (κ1) is 23.6. The van der Waals surface area contributed by atoms with E-state index in [0.29, 0.717) is 33.8 Å². The van der Waals surface area contributed by atoms with Gasteiger partial charge in [0, 0.05) is 17.3 Å². The molecule has 34 heavy (non-hydrogen) atoms. The van der Waals surface area contributed by atoms with Crippen LogP contribution in [0.15, 0.2) is 58.7 Å². The van der Waals surface area contributed by atoms with Gasteiger partial charge < -0.3 is 9.47 Å². The first-order chi connectivity index (χ1) is 16.5. The number of benzene rings is 2. The zero-order valence-corrected chi connectivity index (χ0v) is 19.5. The number of aryl methyl sites for hydroxylation is 1.